The maximum atomic E-state index is 12.2. The van der Waals surface area contributed by atoms with Crippen LogP contribution >= 0.6 is 23.2 Å². The van der Waals surface area contributed by atoms with Gasteiger partial charge in [-0.3, -0.25) is 9.59 Å². The van der Waals surface area contributed by atoms with E-state index in [2.05, 4.69) is 10.6 Å². The molecule has 1 heterocycles. The molecule has 3 aromatic rings. The van der Waals surface area contributed by atoms with Crippen molar-refractivity contribution in [1.29, 1.82) is 0 Å². The Morgan fingerprint density at radius 1 is 1.14 bits per heavy atom. The summed E-state index contributed by atoms with van der Waals surface area (Å²) in [6.07, 6.45) is 0. The Morgan fingerprint density at radius 3 is 2.66 bits per heavy atom. The average molecular weight is 435 g/mol. The molecule has 0 aliphatic carbocycles. The largest absolute Gasteiger partial charge is 0.490 e. The van der Waals surface area contributed by atoms with Gasteiger partial charge in [-0.25, -0.2) is 0 Å². The molecule has 2 amide bonds. The van der Waals surface area contributed by atoms with Crippen molar-refractivity contribution in [2.45, 2.75) is 19.9 Å². The lowest BCUT2D eigenvalue weighted by Gasteiger charge is -2.12. The number of hydrogen-bond acceptors (Lipinski definition) is 4. The van der Waals surface area contributed by atoms with Gasteiger partial charge in [-0.2, -0.15) is 0 Å². The zero-order valence-corrected chi connectivity index (χ0v) is 17.4. The number of carbonyl (C=O) groups excluding carboxylic acids is 2. The Balaban J connectivity index is 1.60. The third kappa shape index (κ3) is 5.02. The number of fused-ring (bicyclic) bond motifs is 1. The molecule has 0 saturated heterocycles. The first-order valence-electron chi connectivity index (χ1n) is 9.07. The minimum Gasteiger partial charge on any atom is -0.490 e. The van der Waals surface area contributed by atoms with Crippen molar-refractivity contribution < 1.29 is 18.7 Å². The first-order valence-corrected chi connectivity index (χ1v) is 9.82. The molecule has 1 aromatic heterocycles. The zero-order chi connectivity index (χ0) is 21.0. The van der Waals surface area contributed by atoms with Gasteiger partial charge < -0.3 is 19.8 Å². The van der Waals surface area contributed by atoms with E-state index in [0.717, 1.165) is 5.39 Å². The molecule has 1 unspecified atom stereocenters. The molecule has 1 atom stereocenters. The molecule has 0 aliphatic rings. The number of ether oxygens (including phenoxy) is 1. The van der Waals surface area contributed by atoms with Crippen LogP contribution in [-0.4, -0.2) is 25.0 Å². The summed E-state index contributed by atoms with van der Waals surface area (Å²) in [4.78, 5) is 24.4. The fraction of sp³-hybridized carbons (Fsp3) is 0.238. The van der Waals surface area contributed by atoms with Crippen LogP contribution in [0.5, 0.6) is 5.75 Å². The molecule has 6 nitrogen and oxygen atoms in total. The molecule has 0 spiro atoms. The molecule has 0 aliphatic heterocycles. The standard InChI is InChI=1S/C21H20Cl2N2O4/c1-3-28-17-6-4-5-13-10-18(29-20(13)17)12(2)25-19(26)11-24-21(27)14-7-8-15(22)16(23)9-14/h4-10,12H,3,11H2,1-2H3,(H,24,27)(H,25,26). The van der Waals surface area contributed by atoms with Crippen LogP contribution in [0, 0.1) is 0 Å². The molecule has 0 bridgehead atoms. The summed E-state index contributed by atoms with van der Waals surface area (Å²) in [7, 11) is 0. The van der Waals surface area contributed by atoms with Crippen molar-refractivity contribution in [3.63, 3.8) is 0 Å². The van der Waals surface area contributed by atoms with Crippen molar-refractivity contribution in [2.24, 2.45) is 0 Å². The third-order valence-corrected chi connectivity index (χ3v) is 4.96. The summed E-state index contributed by atoms with van der Waals surface area (Å²) in [6.45, 7) is 4.04. The minimum atomic E-state index is -0.420. The fourth-order valence-corrected chi connectivity index (χ4v) is 3.10. The zero-order valence-electron chi connectivity index (χ0n) is 15.9. The van der Waals surface area contributed by atoms with Crippen molar-refractivity contribution >= 4 is 46.0 Å². The summed E-state index contributed by atoms with van der Waals surface area (Å²) in [5, 5.41) is 6.87. The van der Waals surface area contributed by atoms with E-state index < -0.39 is 5.91 Å². The van der Waals surface area contributed by atoms with Crippen molar-refractivity contribution in [2.75, 3.05) is 13.2 Å². The highest BCUT2D eigenvalue weighted by molar-refractivity contribution is 6.42. The van der Waals surface area contributed by atoms with Gasteiger partial charge in [-0.1, -0.05) is 35.3 Å². The number of rotatable bonds is 7. The van der Waals surface area contributed by atoms with Gasteiger partial charge in [0.05, 0.1) is 29.2 Å². The number of para-hydroxylation sites is 1. The molecule has 152 valence electrons. The highest BCUT2D eigenvalue weighted by Crippen LogP contribution is 2.31. The Labute approximate surface area is 178 Å². The second kappa shape index (κ2) is 9.20. The van der Waals surface area contributed by atoms with E-state index in [1.807, 2.05) is 31.2 Å². The summed E-state index contributed by atoms with van der Waals surface area (Å²) in [6, 6.07) is 11.6. The number of benzene rings is 2. The lowest BCUT2D eigenvalue weighted by atomic mass is 10.2. The number of amides is 2. The predicted molar refractivity (Wildman–Crippen MR) is 113 cm³/mol. The third-order valence-electron chi connectivity index (χ3n) is 4.22. The first-order chi connectivity index (χ1) is 13.9. The second-order valence-electron chi connectivity index (χ2n) is 6.36. The maximum absolute atomic E-state index is 12.2. The average Bonchev–Trinajstić information content (AvgIpc) is 3.14. The number of hydrogen-bond donors (Lipinski definition) is 2. The molecule has 29 heavy (non-hydrogen) atoms. The fourth-order valence-electron chi connectivity index (χ4n) is 2.80. The van der Waals surface area contributed by atoms with E-state index in [1.165, 1.54) is 18.2 Å². The SMILES string of the molecule is CCOc1cccc2cc(C(C)NC(=O)CNC(=O)c3ccc(Cl)c(Cl)c3)oc12. The van der Waals surface area contributed by atoms with Crippen LogP contribution in [0.3, 0.4) is 0 Å². The van der Waals surface area contributed by atoms with Crippen LogP contribution in [0.1, 0.15) is 36.0 Å². The van der Waals surface area contributed by atoms with Crippen LogP contribution in [0.4, 0.5) is 0 Å². The molecule has 3 rings (SSSR count). The summed E-state index contributed by atoms with van der Waals surface area (Å²) in [5.74, 6) is 0.479. The van der Waals surface area contributed by atoms with Crippen molar-refractivity contribution in [3.8, 4) is 5.75 Å². The van der Waals surface area contributed by atoms with Crippen molar-refractivity contribution in [3.05, 3.63) is 63.8 Å². The molecule has 0 radical (unpaired) electrons. The smallest absolute Gasteiger partial charge is 0.251 e. The van der Waals surface area contributed by atoms with E-state index in [1.54, 1.807) is 6.92 Å². The lowest BCUT2D eigenvalue weighted by molar-refractivity contribution is -0.120. The molecular formula is C21H20Cl2N2O4. The van der Waals surface area contributed by atoms with Gasteiger partial charge in [0, 0.05) is 10.9 Å². The lowest BCUT2D eigenvalue weighted by Crippen LogP contribution is -2.37. The summed E-state index contributed by atoms with van der Waals surface area (Å²) in [5.41, 5.74) is 0.958. The monoisotopic (exact) mass is 434 g/mol. The number of nitrogens with one attached hydrogen (secondary N) is 2. The highest BCUT2D eigenvalue weighted by atomic mass is 35.5. The van der Waals surface area contributed by atoms with E-state index in [4.69, 9.17) is 32.4 Å². The molecule has 8 heteroatoms. The Bertz CT molecular complexity index is 1050. The van der Waals surface area contributed by atoms with Crippen LogP contribution in [0.25, 0.3) is 11.0 Å². The minimum absolute atomic E-state index is 0.187. The predicted octanol–water partition coefficient (Wildman–Crippen LogP) is 4.75. The van der Waals surface area contributed by atoms with Gasteiger partial charge in [0.25, 0.3) is 5.91 Å². The molecule has 0 saturated carbocycles. The highest BCUT2D eigenvalue weighted by Gasteiger charge is 2.17. The molecule has 2 N–H and O–H groups in total. The Morgan fingerprint density at radius 2 is 1.93 bits per heavy atom. The molecular weight excluding hydrogens is 415 g/mol. The number of carbonyl (C=O) groups is 2. The van der Waals surface area contributed by atoms with Gasteiger partial charge in [0.15, 0.2) is 11.3 Å². The van der Waals surface area contributed by atoms with Gasteiger partial charge >= 0.3 is 0 Å². The Hall–Kier alpha value is -2.70. The van der Waals surface area contributed by atoms with E-state index in [-0.39, 0.29) is 23.5 Å². The number of halogens is 2. The van der Waals surface area contributed by atoms with Gasteiger partial charge in [-0.15, -0.1) is 0 Å². The van der Waals surface area contributed by atoms with Crippen molar-refractivity contribution in [1.82, 2.24) is 10.6 Å². The van der Waals surface area contributed by atoms with Crippen LogP contribution in [0.2, 0.25) is 10.0 Å². The molecule has 2 aromatic carbocycles. The maximum Gasteiger partial charge on any atom is 0.251 e. The first kappa shape index (κ1) is 21.0. The second-order valence-corrected chi connectivity index (χ2v) is 7.17. The van der Waals surface area contributed by atoms with Gasteiger partial charge in [0.1, 0.15) is 5.76 Å². The normalized spacial score (nSPS) is 11.9. The van der Waals surface area contributed by atoms with Gasteiger partial charge in [-0.05, 0) is 44.2 Å². The van der Waals surface area contributed by atoms with Crippen LogP contribution in [-0.2, 0) is 4.79 Å². The quantitative estimate of drug-likeness (QED) is 0.562. The van der Waals surface area contributed by atoms with Gasteiger partial charge in [0.2, 0.25) is 5.91 Å². The summed E-state index contributed by atoms with van der Waals surface area (Å²) < 4.78 is 11.4. The van der Waals surface area contributed by atoms with Crippen LogP contribution < -0.4 is 15.4 Å². The van der Waals surface area contributed by atoms with E-state index >= 15 is 0 Å². The Kier molecular flexibility index (Phi) is 6.67. The summed E-state index contributed by atoms with van der Waals surface area (Å²) >= 11 is 11.8. The van der Waals surface area contributed by atoms with E-state index in [9.17, 15) is 9.59 Å². The van der Waals surface area contributed by atoms with Crippen LogP contribution in [0.15, 0.2) is 46.9 Å². The molecule has 0 fully saturated rings. The number of furan rings is 1. The topological polar surface area (TPSA) is 80.6 Å². The van der Waals surface area contributed by atoms with E-state index in [0.29, 0.717) is 34.3 Å².